The van der Waals surface area contributed by atoms with Gasteiger partial charge in [-0.1, -0.05) is 26.8 Å². The number of anilines is 1. The van der Waals surface area contributed by atoms with Crippen molar-refractivity contribution in [2.24, 2.45) is 0 Å². The van der Waals surface area contributed by atoms with Gasteiger partial charge in [-0.2, -0.15) is 0 Å². The average Bonchev–Trinajstić information content (AvgIpc) is 2.40. The molecule has 0 aliphatic heterocycles. The Morgan fingerprint density at radius 3 is 2.18 bits per heavy atom. The van der Waals surface area contributed by atoms with Gasteiger partial charge >= 0.3 is 0 Å². The Morgan fingerprint density at radius 1 is 1.05 bits per heavy atom. The maximum Gasteiger partial charge on any atom is 0.263 e. The van der Waals surface area contributed by atoms with Gasteiger partial charge in [-0.25, -0.2) is 8.42 Å². The van der Waals surface area contributed by atoms with E-state index in [2.05, 4.69) is 64.0 Å². The Bertz CT molecular complexity index is 781. The summed E-state index contributed by atoms with van der Waals surface area (Å²) in [5, 5.41) is 0. The standard InChI is InChI=1S/C16H17BrINO2S/c1-16(2,3)11-4-9-14(17)15(10-11)22(20,21)19-13-7-5-12(18)6-8-13/h4-10,19H,1-3H3. The zero-order valence-corrected chi connectivity index (χ0v) is 17.1. The van der Waals surface area contributed by atoms with Gasteiger partial charge in [0.25, 0.3) is 10.0 Å². The summed E-state index contributed by atoms with van der Waals surface area (Å²) in [4.78, 5) is 0.249. The molecule has 0 saturated heterocycles. The Hall–Kier alpha value is -0.600. The van der Waals surface area contributed by atoms with Crippen LogP contribution in [0.15, 0.2) is 51.8 Å². The lowest BCUT2D eigenvalue weighted by atomic mass is 9.87. The molecule has 6 heteroatoms. The molecule has 0 radical (unpaired) electrons. The van der Waals surface area contributed by atoms with E-state index in [9.17, 15) is 8.42 Å². The van der Waals surface area contributed by atoms with Gasteiger partial charge in [0.05, 0.1) is 0 Å². The summed E-state index contributed by atoms with van der Waals surface area (Å²) >= 11 is 5.52. The molecule has 22 heavy (non-hydrogen) atoms. The van der Waals surface area contributed by atoms with Gasteiger partial charge < -0.3 is 0 Å². The highest BCUT2D eigenvalue weighted by molar-refractivity contribution is 14.1. The smallest absolute Gasteiger partial charge is 0.263 e. The lowest BCUT2D eigenvalue weighted by Gasteiger charge is -2.20. The normalized spacial score (nSPS) is 12.2. The van der Waals surface area contributed by atoms with E-state index >= 15 is 0 Å². The largest absolute Gasteiger partial charge is 0.280 e. The predicted molar refractivity (Wildman–Crippen MR) is 103 cm³/mol. The molecule has 0 fully saturated rings. The van der Waals surface area contributed by atoms with Crippen LogP contribution in [0.1, 0.15) is 26.3 Å². The van der Waals surface area contributed by atoms with E-state index in [0.717, 1.165) is 9.13 Å². The van der Waals surface area contributed by atoms with Crippen molar-refractivity contribution in [1.82, 2.24) is 0 Å². The molecule has 0 atom stereocenters. The number of nitrogens with one attached hydrogen (secondary N) is 1. The third kappa shape index (κ3) is 4.23. The molecule has 118 valence electrons. The first kappa shape index (κ1) is 17.7. The summed E-state index contributed by atoms with van der Waals surface area (Å²) in [5.74, 6) is 0. The van der Waals surface area contributed by atoms with Crippen LogP contribution in [-0.4, -0.2) is 8.42 Å². The van der Waals surface area contributed by atoms with Gasteiger partial charge in [0, 0.05) is 13.7 Å². The Morgan fingerprint density at radius 2 is 1.64 bits per heavy atom. The van der Waals surface area contributed by atoms with Gasteiger partial charge in [0.1, 0.15) is 4.90 Å². The van der Waals surface area contributed by atoms with Gasteiger partial charge in [0.15, 0.2) is 0 Å². The van der Waals surface area contributed by atoms with Crippen molar-refractivity contribution >= 4 is 54.2 Å². The monoisotopic (exact) mass is 493 g/mol. The van der Waals surface area contributed by atoms with E-state index in [0.29, 0.717) is 10.2 Å². The van der Waals surface area contributed by atoms with Gasteiger partial charge in [-0.15, -0.1) is 0 Å². The van der Waals surface area contributed by atoms with Crippen molar-refractivity contribution in [3.8, 4) is 0 Å². The van der Waals surface area contributed by atoms with Crippen molar-refractivity contribution in [2.45, 2.75) is 31.1 Å². The van der Waals surface area contributed by atoms with Gasteiger partial charge in [-0.3, -0.25) is 4.72 Å². The second-order valence-electron chi connectivity index (χ2n) is 6.01. The van der Waals surface area contributed by atoms with Crippen LogP contribution in [-0.2, 0) is 15.4 Å². The molecular weight excluding hydrogens is 477 g/mol. The maximum absolute atomic E-state index is 12.6. The molecule has 0 saturated carbocycles. The maximum atomic E-state index is 12.6. The summed E-state index contributed by atoms with van der Waals surface area (Å²) < 4.78 is 29.5. The fourth-order valence-corrected chi connectivity index (χ4v) is 4.31. The van der Waals surface area contributed by atoms with E-state index in [4.69, 9.17) is 0 Å². The van der Waals surface area contributed by atoms with Crippen LogP contribution in [0.3, 0.4) is 0 Å². The number of halogens is 2. The number of sulfonamides is 1. The Balaban J connectivity index is 2.43. The molecule has 0 spiro atoms. The first-order chi connectivity index (χ1) is 10.1. The molecule has 0 aliphatic carbocycles. The molecule has 2 aromatic carbocycles. The van der Waals surface area contributed by atoms with E-state index in [1.54, 1.807) is 24.3 Å². The van der Waals surface area contributed by atoms with Gasteiger partial charge in [0.2, 0.25) is 0 Å². The molecule has 0 bridgehead atoms. The van der Waals surface area contributed by atoms with Crippen molar-refractivity contribution in [2.75, 3.05) is 4.72 Å². The molecule has 0 heterocycles. The van der Waals surface area contributed by atoms with Crippen LogP contribution in [0.2, 0.25) is 0 Å². The van der Waals surface area contributed by atoms with Crippen molar-refractivity contribution in [3.05, 3.63) is 56.1 Å². The van der Waals surface area contributed by atoms with Crippen LogP contribution >= 0.6 is 38.5 Å². The molecule has 0 aliphatic rings. The van der Waals surface area contributed by atoms with Crippen LogP contribution in [0.4, 0.5) is 5.69 Å². The number of rotatable bonds is 3. The second-order valence-corrected chi connectivity index (χ2v) is 9.76. The third-order valence-electron chi connectivity index (χ3n) is 3.18. The van der Waals surface area contributed by atoms with E-state index in [1.165, 1.54) is 0 Å². The summed E-state index contributed by atoms with van der Waals surface area (Å²) in [6.07, 6.45) is 0. The summed E-state index contributed by atoms with van der Waals surface area (Å²) in [6.45, 7) is 6.16. The fourth-order valence-electron chi connectivity index (χ4n) is 1.90. The number of hydrogen-bond acceptors (Lipinski definition) is 2. The summed E-state index contributed by atoms with van der Waals surface area (Å²) in [5.41, 5.74) is 1.40. The SMILES string of the molecule is CC(C)(C)c1ccc(Br)c(S(=O)(=O)Nc2ccc(I)cc2)c1. The highest BCUT2D eigenvalue weighted by atomic mass is 127. The van der Waals surface area contributed by atoms with Gasteiger partial charge in [-0.05, 0) is 85.9 Å². The minimum absolute atomic E-state index is 0.117. The van der Waals surface area contributed by atoms with Crippen LogP contribution in [0.5, 0.6) is 0 Å². The molecule has 2 aromatic rings. The summed E-state index contributed by atoms with van der Waals surface area (Å²) in [6, 6.07) is 12.7. The third-order valence-corrected chi connectivity index (χ3v) is 6.28. The molecule has 2 rings (SSSR count). The Labute approximate surface area is 153 Å². The molecule has 1 N–H and O–H groups in total. The van der Waals surface area contributed by atoms with E-state index < -0.39 is 10.0 Å². The molecule has 0 aromatic heterocycles. The second kappa shape index (κ2) is 6.49. The first-order valence-corrected chi connectivity index (χ1v) is 10.0. The predicted octanol–water partition coefficient (Wildman–Crippen LogP) is 5.15. The fraction of sp³-hybridized carbons (Fsp3) is 0.250. The lowest BCUT2D eigenvalue weighted by molar-refractivity contribution is 0.584. The highest BCUT2D eigenvalue weighted by Gasteiger charge is 2.22. The van der Waals surface area contributed by atoms with Crippen LogP contribution in [0, 0.1) is 3.57 Å². The van der Waals surface area contributed by atoms with Crippen molar-refractivity contribution in [3.63, 3.8) is 0 Å². The van der Waals surface area contributed by atoms with Crippen molar-refractivity contribution < 1.29 is 8.42 Å². The Kier molecular flexibility index (Phi) is 5.23. The molecule has 0 amide bonds. The molecule has 3 nitrogen and oxygen atoms in total. The summed E-state index contributed by atoms with van der Waals surface area (Å²) in [7, 11) is -3.64. The molecule has 0 unspecified atom stereocenters. The molecular formula is C16H17BrINO2S. The van der Waals surface area contributed by atoms with E-state index in [-0.39, 0.29) is 10.3 Å². The van der Waals surface area contributed by atoms with Crippen molar-refractivity contribution in [1.29, 1.82) is 0 Å². The van der Waals surface area contributed by atoms with Crippen LogP contribution < -0.4 is 4.72 Å². The topological polar surface area (TPSA) is 46.2 Å². The lowest BCUT2D eigenvalue weighted by Crippen LogP contribution is -2.16. The van der Waals surface area contributed by atoms with E-state index in [1.807, 2.05) is 18.2 Å². The van der Waals surface area contributed by atoms with Crippen LogP contribution in [0.25, 0.3) is 0 Å². The minimum Gasteiger partial charge on any atom is -0.280 e. The number of hydrogen-bond donors (Lipinski definition) is 1. The minimum atomic E-state index is -3.64. The first-order valence-electron chi connectivity index (χ1n) is 6.68. The quantitative estimate of drug-likeness (QED) is 0.601. The number of benzene rings is 2. The highest BCUT2D eigenvalue weighted by Crippen LogP contribution is 2.30. The zero-order valence-electron chi connectivity index (χ0n) is 12.5. The average molecular weight is 494 g/mol. The zero-order chi connectivity index (χ0) is 16.5.